The first-order chi connectivity index (χ1) is 11.0. The lowest BCUT2D eigenvalue weighted by molar-refractivity contribution is -0.137. The highest BCUT2D eigenvalue weighted by atomic mass is 16.5. The number of rotatable bonds is 4. The fraction of sp³-hybridized carbons (Fsp3) is 0.312. The normalized spacial score (nSPS) is 15.1. The Hall–Kier alpha value is -2.83. The molecule has 7 heteroatoms. The van der Waals surface area contributed by atoms with Crippen molar-refractivity contribution in [2.75, 3.05) is 31.1 Å². The van der Waals surface area contributed by atoms with Gasteiger partial charge < -0.3 is 14.7 Å². The van der Waals surface area contributed by atoms with Crippen molar-refractivity contribution < 1.29 is 24.2 Å². The molecule has 2 rings (SSSR count). The molecular weight excluding hydrogens is 300 g/mol. The summed E-state index contributed by atoms with van der Waals surface area (Å²) in [4.78, 5) is 37.2. The summed E-state index contributed by atoms with van der Waals surface area (Å²) >= 11 is 0. The Morgan fingerprint density at radius 1 is 1.30 bits per heavy atom. The average molecular weight is 318 g/mol. The van der Waals surface area contributed by atoms with Gasteiger partial charge in [0, 0.05) is 19.2 Å². The molecule has 23 heavy (non-hydrogen) atoms. The van der Waals surface area contributed by atoms with Gasteiger partial charge in [0.15, 0.2) is 0 Å². The summed E-state index contributed by atoms with van der Waals surface area (Å²) in [5.74, 6) is -0.750. The topological polar surface area (TPSA) is 87.2 Å². The summed E-state index contributed by atoms with van der Waals surface area (Å²) in [6, 6.07) is 7.13. The smallest absolute Gasteiger partial charge is 0.407 e. The number of hydrogen-bond donors (Lipinski definition) is 1. The van der Waals surface area contributed by atoms with Crippen molar-refractivity contribution >= 4 is 29.7 Å². The minimum absolute atomic E-state index is 0.175. The van der Waals surface area contributed by atoms with Crippen molar-refractivity contribution in [2.24, 2.45) is 0 Å². The van der Waals surface area contributed by atoms with E-state index in [0.29, 0.717) is 17.9 Å². The maximum atomic E-state index is 12.2. The van der Waals surface area contributed by atoms with Crippen LogP contribution in [0.3, 0.4) is 0 Å². The average Bonchev–Trinajstić information content (AvgIpc) is 2.53. The standard InChI is InChI=1S/C16H18N2O5/c1-2-23-15(20)8-7-12-5-3-4-6-13(12)18-10-9-17(16(21)22)11-14(18)19/h3-8H,2,9-11H2,1H3,(H,21,22)/b8-7+. The minimum atomic E-state index is -1.10. The van der Waals surface area contributed by atoms with Gasteiger partial charge in [0.2, 0.25) is 5.91 Å². The van der Waals surface area contributed by atoms with Crippen molar-refractivity contribution in [3.8, 4) is 0 Å². The van der Waals surface area contributed by atoms with E-state index >= 15 is 0 Å². The van der Waals surface area contributed by atoms with E-state index in [0.717, 1.165) is 4.90 Å². The first-order valence-electron chi connectivity index (χ1n) is 7.25. The predicted octanol–water partition coefficient (Wildman–Crippen LogP) is 1.59. The zero-order valence-corrected chi connectivity index (χ0v) is 12.8. The first-order valence-corrected chi connectivity index (χ1v) is 7.25. The van der Waals surface area contributed by atoms with Crippen LogP contribution in [0.1, 0.15) is 12.5 Å². The molecule has 0 aliphatic carbocycles. The first kappa shape index (κ1) is 16.5. The molecule has 0 aromatic heterocycles. The van der Waals surface area contributed by atoms with E-state index in [1.807, 2.05) is 0 Å². The largest absolute Gasteiger partial charge is 0.465 e. The molecule has 1 aliphatic rings. The van der Waals surface area contributed by atoms with Gasteiger partial charge in [-0.25, -0.2) is 9.59 Å². The number of piperazine rings is 1. The van der Waals surface area contributed by atoms with Gasteiger partial charge in [0.05, 0.1) is 12.3 Å². The van der Waals surface area contributed by atoms with Gasteiger partial charge in [-0.1, -0.05) is 18.2 Å². The number of carboxylic acid groups (broad SMARTS) is 1. The van der Waals surface area contributed by atoms with E-state index in [2.05, 4.69) is 0 Å². The van der Waals surface area contributed by atoms with E-state index in [1.54, 1.807) is 37.3 Å². The Bertz CT molecular complexity index is 641. The third-order valence-electron chi connectivity index (χ3n) is 3.40. The third-order valence-corrected chi connectivity index (χ3v) is 3.40. The predicted molar refractivity (Wildman–Crippen MR) is 84.1 cm³/mol. The molecule has 0 bridgehead atoms. The van der Waals surface area contributed by atoms with Gasteiger partial charge in [-0.15, -0.1) is 0 Å². The minimum Gasteiger partial charge on any atom is -0.465 e. The molecule has 0 atom stereocenters. The number of anilines is 1. The molecule has 1 aromatic rings. The highest BCUT2D eigenvalue weighted by molar-refractivity contribution is 5.99. The van der Waals surface area contributed by atoms with Gasteiger partial charge in [0.25, 0.3) is 0 Å². The zero-order valence-electron chi connectivity index (χ0n) is 12.8. The molecule has 122 valence electrons. The SMILES string of the molecule is CCOC(=O)/C=C/c1ccccc1N1CCN(C(=O)O)CC1=O. The van der Waals surface area contributed by atoms with Crippen LogP contribution in [-0.4, -0.2) is 54.2 Å². The number of nitrogens with zero attached hydrogens (tertiary/aromatic N) is 2. The second-order valence-electron chi connectivity index (χ2n) is 4.89. The summed E-state index contributed by atoms with van der Waals surface area (Å²) in [7, 11) is 0. The fourth-order valence-electron chi connectivity index (χ4n) is 2.31. The van der Waals surface area contributed by atoms with Crippen molar-refractivity contribution in [3.63, 3.8) is 0 Å². The van der Waals surface area contributed by atoms with Crippen LogP contribution in [0.2, 0.25) is 0 Å². The highest BCUT2D eigenvalue weighted by Gasteiger charge is 2.28. The van der Waals surface area contributed by atoms with Crippen LogP contribution in [0.25, 0.3) is 6.08 Å². The molecule has 1 fully saturated rings. The number of benzene rings is 1. The molecule has 0 radical (unpaired) electrons. The molecule has 2 amide bonds. The van der Waals surface area contributed by atoms with Gasteiger partial charge in [0.1, 0.15) is 6.54 Å². The molecular formula is C16H18N2O5. The lowest BCUT2D eigenvalue weighted by atomic mass is 10.1. The van der Waals surface area contributed by atoms with Crippen molar-refractivity contribution in [1.82, 2.24) is 4.90 Å². The van der Waals surface area contributed by atoms with Crippen LogP contribution in [0, 0.1) is 0 Å². The van der Waals surface area contributed by atoms with Crippen LogP contribution < -0.4 is 4.90 Å². The Balaban J connectivity index is 2.19. The van der Waals surface area contributed by atoms with Gasteiger partial charge >= 0.3 is 12.1 Å². The van der Waals surface area contributed by atoms with E-state index < -0.39 is 12.1 Å². The van der Waals surface area contributed by atoms with Gasteiger partial charge in [-0.2, -0.15) is 0 Å². The number of ether oxygens (including phenoxy) is 1. The highest BCUT2D eigenvalue weighted by Crippen LogP contribution is 2.23. The van der Waals surface area contributed by atoms with Crippen LogP contribution in [0.5, 0.6) is 0 Å². The third kappa shape index (κ3) is 4.09. The fourth-order valence-corrected chi connectivity index (χ4v) is 2.31. The summed E-state index contributed by atoms with van der Waals surface area (Å²) in [5, 5.41) is 8.96. The maximum Gasteiger partial charge on any atom is 0.407 e. The maximum absolute atomic E-state index is 12.2. The molecule has 0 saturated carbocycles. The number of para-hydroxylation sites is 1. The van der Waals surface area contributed by atoms with Crippen molar-refractivity contribution in [2.45, 2.75) is 6.92 Å². The number of hydrogen-bond acceptors (Lipinski definition) is 4. The van der Waals surface area contributed by atoms with Crippen LogP contribution in [-0.2, 0) is 14.3 Å². The molecule has 0 spiro atoms. The molecule has 7 nitrogen and oxygen atoms in total. The zero-order chi connectivity index (χ0) is 16.8. The van der Waals surface area contributed by atoms with E-state index in [4.69, 9.17) is 9.84 Å². The monoisotopic (exact) mass is 318 g/mol. The molecule has 1 N–H and O–H groups in total. The van der Waals surface area contributed by atoms with Gasteiger partial charge in [-0.3, -0.25) is 9.69 Å². The summed E-state index contributed by atoms with van der Waals surface area (Å²) in [5.41, 5.74) is 1.33. The Kier molecular flexibility index (Phi) is 5.35. The van der Waals surface area contributed by atoms with E-state index in [-0.39, 0.29) is 25.5 Å². The van der Waals surface area contributed by atoms with E-state index in [1.165, 1.54) is 11.0 Å². The van der Waals surface area contributed by atoms with Crippen molar-refractivity contribution in [1.29, 1.82) is 0 Å². The van der Waals surface area contributed by atoms with Crippen LogP contribution >= 0.6 is 0 Å². The van der Waals surface area contributed by atoms with Gasteiger partial charge in [-0.05, 0) is 24.6 Å². The molecule has 1 aliphatic heterocycles. The van der Waals surface area contributed by atoms with Crippen molar-refractivity contribution in [3.05, 3.63) is 35.9 Å². The lowest BCUT2D eigenvalue weighted by Crippen LogP contribution is -2.52. The summed E-state index contributed by atoms with van der Waals surface area (Å²) in [6.45, 7) is 2.36. The van der Waals surface area contributed by atoms with Crippen LogP contribution in [0.4, 0.5) is 10.5 Å². The quantitative estimate of drug-likeness (QED) is 0.673. The number of carbonyl (C=O) groups excluding carboxylic acids is 2. The summed E-state index contributed by atoms with van der Waals surface area (Å²) < 4.78 is 4.83. The van der Waals surface area contributed by atoms with Crippen LogP contribution in [0.15, 0.2) is 30.3 Å². The second kappa shape index (κ2) is 7.44. The second-order valence-corrected chi connectivity index (χ2v) is 4.89. The molecule has 1 heterocycles. The number of amides is 2. The molecule has 1 aromatic carbocycles. The summed E-state index contributed by atoms with van der Waals surface area (Å²) in [6.07, 6.45) is 1.79. The molecule has 1 saturated heterocycles. The molecule has 0 unspecified atom stereocenters. The lowest BCUT2D eigenvalue weighted by Gasteiger charge is -2.33. The number of esters is 1. The Morgan fingerprint density at radius 3 is 2.70 bits per heavy atom. The number of carbonyl (C=O) groups is 3. The van der Waals surface area contributed by atoms with E-state index in [9.17, 15) is 14.4 Å². The Labute approximate surface area is 133 Å². The Morgan fingerprint density at radius 2 is 2.04 bits per heavy atom.